The zero-order valence-electron chi connectivity index (χ0n) is 13.5. The van der Waals surface area contributed by atoms with Crippen LogP contribution in [0.15, 0.2) is 59.7 Å². The standard InChI is InChI=1S/C19H21N3O2/c23-19(24)18-9-5-4-8-17(18)14-20-22-12-10-21(11-13-22)15-16-6-2-1-3-7-16/h1-9,14H,10-13,15H2,(H,23,24)/b20-14-. The van der Waals surface area contributed by atoms with Gasteiger partial charge in [0.1, 0.15) is 6.54 Å². The van der Waals surface area contributed by atoms with Gasteiger partial charge < -0.3 is 14.8 Å². The predicted octanol–water partition coefficient (Wildman–Crippen LogP) is -0.215. The molecule has 1 aliphatic heterocycles. The van der Waals surface area contributed by atoms with Crippen LogP contribution < -0.4 is 10.0 Å². The maximum Gasteiger partial charge on any atom is 0.103 e. The van der Waals surface area contributed by atoms with Crippen LogP contribution in [0, 0.1) is 0 Å². The number of hydrogen-bond donors (Lipinski definition) is 1. The molecule has 0 saturated carbocycles. The summed E-state index contributed by atoms with van der Waals surface area (Å²) in [5.41, 5.74) is 2.11. The van der Waals surface area contributed by atoms with Crippen molar-refractivity contribution in [1.82, 2.24) is 5.01 Å². The van der Waals surface area contributed by atoms with E-state index in [-0.39, 0.29) is 5.56 Å². The number of hydrazone groups is 1. The van der Waals surface area contributed by atoms with E-state index in [1.807, 2.05) is 11.1 Å². The first-order chi connectivity index (χ1) is 11.7. The summed E-state index contributed by atoms with van der Waals surface area (Å²) in [5, 5.41) is 17.5. The first-order valence-electron chi connectivity index (χ1n) is 8.19. The Morgan fingerprint density at radius 3 is 2.46 bits per heavy atom. The van der Waals surface area contributed by atoms with E-state index in [0.29, 0.717) is 5.56 Å². The fourth-order valence-electron chi connectivity index (χ4n) is 2.93. The molecule has 0 aromatic heterocycles. The third kappa shape index (κ3) is 4.20. The summed E-state index contributed by atoms with van der Waals surface area (Å²) >= 11 is 0. The second-order valence-electron chi connectivity index (χ2n) is 5.99. The van der Waals surface area contributed by atoms with Crippen molar-refractivity contribution in [2.24, 2.45) is 5.10 Å². The molecule has 5 heteroatoms. The lowest BCUT2D eigenvalue weighted by molar-refractivity contribution is -0.918. The lowest BCUT2D eigenvalue weighted by Crippen LogP contribution is -3.13. The van der Waals surface area contributed by atoms with Crippen molar-refractivity contribution < 1.29 is 14.8 Å². The number of aromatic carboxylic acids is 1. The Morgan fingerprint density at radius 1 is 1.08 bits per heavy atom. The molecule has 1 fully saturated rings. The number of quaternary nitrogens is 1. The van der Waals surface area contributed by atoms with Crippen LogP contribution in [-0.2, 0) is 6.54 Å². The van der Waals surface area contributed by atoms with Gasteiger partial charge in [-0.15, -0.1) is 0 Å². The Labute approximate surface area is 141 Å². The van der Waals surface area contributed by atoms with Gasteiger partial charge in [-0.1, -0.05) is 54.6 Å². The average molecular weight is 323 g/mol. The molecular formula is C19H21N3O2. The van der Waals surface area contributed by atoms with Gasteiger partial charge in [0, 0.05) is 16.7 Å². The van der Waals surface area contributed by atoms with Crippen LogP contribution in [0.4, 0.5) is 0 Å². The van der Waals surface area contributed by atoms with Crippen molar-refractivity contribution in [3.05, 3.63) is 71.3 Å². The van der Waals surface area contributed by atoms with E-state index in [1.165, 1.54) is 5.56 Å². The van der Waals surface area contributed by atoms with E-state index in [9.17, 15) is 9.90 Å². The molecule has 24 heavy (non-hydrogen) atoms. The molecule has 1 saturated heterocycles. The number of benzene rings is 2. The number of carbonyl (C=O) groups is 1. The fraction of sp³-hybridized carbons (Fsp3) is 0.263. The monoisotopic (exact) mass is 323 g/mol. The molecule has 0 unspecified atom stereocenters. The molecule has 124 valence electrons. The molecular weight excluding hydrogens is 302 g/mol. The van der Waals surface area contributed by atoms with Gasteiger partial charge in [-0.25, -0.2) is 0 Å². The summed E-state index contributed by atoms with van der Waals surface area (Å²) in [6.07, 6.45) is 1.62. The minimum absolute atomic E-state index is 0.176. The van der Waals surface area contributed by atoms with Crippen molar-refractivity contribution in [2.75, 3.05) is 26.2 Å². The van der Waals surface area contributed by atoms with Crippen molar-refractivity contribution in [1.29, 1.82) is 0 Å². The van der Waals surface area contributed by atoms with Gasteiger partial charge in [0.2, 0.25) is 0 Å². The van der Waals surface area contributed by atoms with Crippen LogP contribution in [0.1, 0.15) is 21.5 Å². The Bertz CT molecular complexity index is 708. The van der Waals surface area contributed by atoms with Gasteiger partial charge >= 0.3 is 0 Å². The topological polar surface area (TPSA) is 60.2 Å². The summed E-state index contributed by atoms with van der Waals surface area (Å²) in [7, 11) is 0. The smallest absolute Gasteiger partial charge is 0.103 e. The SMILES string of the molecule is O=C([O-])c1ccccc1/C=N\N1CC[NH+](Cc2ccccc2)CC1. The van der Waals surface area contributed by atoms with Crippen molar-refractivity contribution in [3.63, 3.8) is 0 Å². The van der Waals surface area contributed by atoms with Crippen molar-refractivity contribution in [3.8, 4) is 0 Å². The average Bonchev–Trinajstić information content (AvgIpc) is 2.62. The zero-order valence-corrected chi connectivity index (χ0v) is 13.5. The molecule has 1 heterocycles. The second kappa shape index (κ2) is 7.75. The Kier molecular flexibility index (Phi) is 5.23. The summed E-state index contributed by atoms with van der Waals surface area (Å²) in [4.78, 5) is 12.6. The number of nitrogens with one attached hydrogen (secondary N) is 1. The number of hydrogen-bond acceptors (Lipinski definition) is 4. The van der Waals surface area contributed by atoms with Gasteiger partial charge in [-0.3, -0.25) is 5.01 Å². The molecule has 0 spiro atoms. The first kappa shape index (κ1) is 16.2. The quantitative estimate of drug-likeness (QED) is 0.774. The summed E-state index contributed by atoms with van der Waals surface area (Å²) in [6, 6.07) is 17.3. The highest BCUT2D eigenvalue weighted by molar-refractivity contribution is 5.97. The maximum absolute atomic E-state index is 11.1. The van der Waals surface area contributed by atoms with E-state index in [4.69, 9.17) is 0 Å². The van der Waals surface area contributed by atoms with Crippen molar-refractivity contribution in [2.45, 2.75) is 6.54 Å². The number of piperazine rings is 1. The molecule has 0 aliphatic carbocycles. The van der Waals surface area contributed by atoms with Crippen LogP contribution in [0.3, 0.4) is 0 Å². The maximum atomic E-state index is 11.1. The molecule has 2 aromatic rings. The molecule has 1 aliphatic rings. The van der Waals surface area contributed by atoms with Gasteiger partial charge in [0.25, 0.3) is 0 Å². The molecule has 0 amide bonds. The molecule has 3 rings (SSSR count). The molecule has 2 aromatic carbocycles. The summed E-state index contributed by atoms with van der Waals surface area (Å²) < 4.78 is 0. The van der Waals surface area contributed by atoms with E-state index < -0.39 is 5.97 Å². The normalized spacial score (nSPS) is 15.8. The summed E-state index contributed by atoms with van der Waals surface area (Å²) in [6.45, 7) is 4.81. The lowest BCUT2D eigenvalue weighted by atomic mass is 10.1. The van der Waals surface area contributed by atoms with E-state index in [1.54, 1.807) is 35.4 Å². The highest BCUT2D eigenvalue weighted by Crippen LogP contribution is 2.05. The number of carboxylic acid groups (broad SMARTS) is 1. The lowest BCUT2D eigenvalue weighted by Gasteiger charge is -2.30. The highest BCUT2D eigenvalue weighted by atomic mass is 16.4. The molecule has 0 bridgehead atoms. The van der Waals surface area contributed by atoms with Gasteiger partial charge in [0.15, 0.2) is 0 Å². The summed E-state index contributed by atoms with van der Waals surface area (Å²) in [5.74, 6) is -1.17. The fourth-order valence-corrected chi connectivity index (χ4v) is 2.93. The number of nitrogens with zero attached hydrogens (tertiary/aromatic N) is 2. The van der Waals surface area contributed by atoms with Crippen LogP contribution in [0.25, 0.3) is 0 Å². The van der Waals surface area contributed by atoms with E-state index in [2.05, 4.69) is 29.4 Å². The Balaban J connectivity index is 1.55. The molecule has 0 radical (unpaired) electrons. The van der Waals surface area contributed by atoms with Crippen LogP contribution in [0.5, 0.6) is 0 Å². The van der Waals surface area contributed by atoms with Crippen LogP contribution >= 0.6 is 0 Å². The van der Waals surface area contributed by atoms with Crippen LogP contribution in [0.2, 0.25) is 0 Å². The number of rotatable bonds is 5. The largest absolute Gasteiger partial charge is 0.545 e. The molecule has 0 atom stereocenters. The molecule has 1 N–H and O–H groups in total. The number of carboxylic acids is 1. The minimum atomic E-state index is -1.17. The van der Waals surface area contributed by atoms with Gasteiger partial charge in [-0.2, -0.15) is 5.10 Å². The third-order valence-electron chi connectivity index (χ3n) is 4.28. The van der Waals surface area contributed by atoms with Crippen LogP contribution in [-0.4, -0.2) is 43.4 Å². The van der Waals surface area contributed by atoms with E-state index in [0.717, 1.165) is 32.7 Å². The third-order valence-corrected chi connectivity index (χ3v) is 4.28. The highest BCUT2D eigenvalue weighted by Gasteiger charge is 2.18. The predicted molar refractivity (Wildman–Crippen MR) is 90.8 cm³/mol. The number of carbonyl (C=O) groups excluding carboxylic acids is 1. The van der Waals surface area contributed by atoms with E-state index >= 15 is 0 Å². The molecule has 5 nitrogen and oxygen atoms in total. The minimum Gasteiger partial charge on any atom is -0.545 e. The second-order valence-corrected chi connectivity index (χ2v) is 5.99. The Hall–Kier alpha value is -2.66. The van der Waals surface area contributed by atoms with Gasteiger partial charge in [0.05, 0.1) is 38.4 Å². The van der Waals surface area contributed by atoms with Gasteiger partial charge in [-0.05, 0) is 0 Å². The Morgan fingerprint density at radius 2 is 1.75 bits per heavy atom. The van der Waals surface area contributed by atoms with Crippen molar-refractivity contribution >= 4 is 12.2 Å². The first-order valence-corrected chi connectivity index (χ1v) is 8.19. The zero-order chi connectivity index (χ0) is 16.8.